The minimum atomic E-state index is -1.10. The van der Waals surface area contributed by atoms with E-state index < -0.39 is 30.4 Å². The van der Waals surface area contributed by atoms with Crippen molar-refractivity contribution in [2.75, 3.05) is 0 Å². The predicted molar refractivity (Wildman–Crippen MR) is 111 cm³/mol. The number of fused-ring (bicyclic) bond motifs is 1. The Balaban J connectivity index is 2.07. The summed E-state index contributed by atoms with van der Waals surface area (Å²) in [5.74, 6) is -0.916. The summed E-state index contributed by atoms with van der Waals surface area (Å²) in [6, 6.07) is 0. The van der Waals surface area contributed by atoms with E-state index in [0.717, 1.165) is 5.57 Å². The lowest BCUT2D eigenvalue weighted by molar-refractivity contribution is -0.155. The van der Waals surface area contributed by atoms with Crippen LogP contribution in [0.4, 0.5) is 0 Å². The minimum Gasteiger partial charge on any atom is -0.481 e. The van der Waals surface area contributed by atoms with Gasteiger partial charge in [-0.25, -0.2) is 0 Å². The topological polar surface area (TPSA) is 124 Å². The predicted octanol–water partition coefficient (Wildman–Crippen LogP) is 2.44. The van der Waals surface area contributed by atoms with Gasteiger partial charge >= 0.3 is 11.9 Å². The molecule has 2 rings (SSSR count). The zero-order chi connectivity index (χ0) is 22.4. The van der Waals surface area contributed by atoms with Crippen molar-refractivity contribution in [3.8, 4) is 0 Å². The van der Waals surface area contributed by atoms with Crippen LogP contribution >= 0.6 is 0 Å². The maximum Gasteiger partial charge on any atom is 0.306 e. The number of hydrogen-bond donors (Lipinski definition) is 4. The maximum absolute atomic E-state index is 12.3. The Morgan fingerprint density at radius 3 is 2.53 bits per heavy atom. The Morgan fingerprint density at radius 1 is 1.20 bits per heavy atom. The normalized spacial score (nSPS) is 30.4. The highest BCUT2D eigenvalue weighted by molar-refractivity contribution is 5.70. The third-order valence-corrected chi connectivity index (χ3v) is 6.02. The molecular formula is C23H36O7. The van der Waals surface area contributed by atoms with E-state index in [1.54, 1.807) is 0 Å². The van der Waals surface area contributed by atoms with Gasteiger partial charge in [0.15, 0.2) is 0 Å². The van der Waals surface area contributed by atoms with E-state index in [9.17, 15) is 24.9 Å². The quantitative estimate of drug-likeness (QED) is 0.397. The highest BCUT2D eigenvalue weighted by Crippen LogP contribution is 2.44. The molecule has 4 N–H and O–H groups in total. The molecule has 0 aromatic heterocycles. The monoisotopic (exact) mass is 424 g/mol. The molecule has 7 unspecified atom stereocenters. The van der Waals surface area contributed by atoms with E-state index >= 15 is 0 Å². The average Bonchev–Trinajstić information content (AvgIpc) is 2.59. The summed E-state index contributed by atoms with van der Waals surface area (Å²) in [6.07, 6.45) is 4.29. The second kappa shape index (κ2) is 11.1. The van der Waals surface area contributed by atoms with Gasteiger partial charge in [0.05, 0.1) is 24.7 Å². The Labute approximate surface area is 178 Å². The smallest absolute Gasteiger partial charge is 0.306 e. The highest BCUT2D eigenvalue weighted by atomic mass is 16.5. The van der Waals surface area contributed by atoms with Gasteiger partial charge in [-0.3, -0.25) is 9.59 Å². The number of rotatable bonds is 10. The average molecular weight is 425 g/mol. The van der Waals surface area contributed by atoms with E-state index in [0.29, 0.717) is 25.7 Å². The molecule has 0 fully saturated rings. The number of aliphatic hydroxyl groups excluding tert-OH is 3. The first-order chi connectivity index (χ1) is 14.1. The third kappa shape index (κ3) is 7.22. The zero-order valence-corrected chi connectivity index (χ0v) is 18.1. The number of ether oxygens (including phenoxy) is 1. The van der Waals surface area contributed by atoms with E-state index in [4.69, 9.17) is 9.84 Å². The van der Waals surface area contributed by atoms with Crippen molar-refractivity contribution in [3.63, 3.8) is 0 Å². The molecule has 0 spiro atoms. The van der Waals surface area contributed by atoms with Crippen molar-refractivity contribution in [1.29, 1.82) is 0 Å². The molecule has 0 saturated heterocycles. The first-order valence-electron chi connectivity index (χ1n) is 10.9. The molecule has 7 atom stereocenters. The fraction of sp³-hybridized carbons (Fsp3) is 0.739. The fourth-order valence-electron chi connectivity index (χ4n) is 4.64. The van der Waals surface area contributed by atoms with Gasteiger partial charge in [0.1, 0.15) is 6.10 Å². The molecule has 2 aliphatic carbocycles. The number of carboxylic acids is 1. The summed E-state index contributed by atoms with van der Waals surface area (Å²) < 4.78 is 5.79. The van der Waals surface area contributed by atoms with Gasteiger partial charge in [0.25, 0.3) is 0 Å². The molecule has 0 bridgehead atoms. The van der Waals surface area contributed by atoms with Crippen molar-refractivity contribution in [3.05, 3.63) is 23.8 Å². The molecule has 30 heavy (non-hydrogen) atoms. The Hall–Kier alpha value is -1.70. The standard InChI is InChI=1S/C23H36O7/c1-13(2)8-22(29)30-20-11-17(25)9-15-5-4-14(3)19(23(15)20)7-6-16(24)10-18(26)12-21(27)28/h4-5,9,13-14,16-20,23-26H,6-8,10-12H2,1-3H3,(H,27,28). The fourth-order valence-corrected chi connectivity index (χ4v) is 4.64. The van der Waals surface area contributed by atoms with Crippen LogP contribution in [0.3, 0.4) is 0 Å². The molecule has 7 heteroatoms. The van der Waals surface area contributed by atoms with Crippen LogP contribution in [0.25, 0.3) is 0 Å². The van der Waals surface area contributed by atoms with Crippen LogP contribution in [0.2, 0.25) is 0 Å². The Morgan fingerprint density at radius 2 is 1.90 bits per heavy atom. The van der Waals surface area contributed by atoms with Crippen LogP contribution in [-0.4, -0.2) is 56.8 Å². The van der Waals surface area contributed by atoms with Gasteiger partial charge in [0, 0.05) is 18.8 Å². The lowest BCUT2D eigenvalue weighted by Crippen LogP contribution is -2.42. The first-order valence-corrected chi connectivity index (χ1v) is 10.9. The van der Waals surface area contributed by atoms with Crippen LogP contribution in [0, 0.1) is 23.7 Å². The molecule has 2 aliphatic rings. The van der Waals surface area contributed by atoms with Crippen molar-refractivity contribution >= 4 is 11.9 Å². The molecule has 0 heterocycles. The number of aliphatic carboxylic acids is 1. The lowest BCUT2D eigenvalue weighted by atomic mass is 9.66. The van der Waals surface area contributed by atoms with Gasteiger partial charge < -0.3 is 25.2 Å². The number of carboxylic acid groups (broad SMARTS) is 1. The summed E-state index contributed by atoms with van der Waals surface area (Å²) in [5.41, 5.74) is 0.958. The summed E-state index contributed by atoms with van der Waals surface area (Å²) in [6.45, 7) is 6.00. The van der Waals surface area contributed by atoms with Gasteiger partial charge in [-0.1, -0.05) is 39.0 Å². The van der Waals surface area contributed by atoms with E-state index in [2.05, 4.69) is 13.0 Å². The van der Waals surface area contributed by atoms with Crippen molar-refractivity contribution in [1.82, 2.24) is 0 Å². The molecule has 170 valence electrons. The second-order valence-electron chi connectivity index (χ2n) is 9.22. The SMILES string of the molecule is CC(C)CC(=O)OC1CC(O)C=C2C=CC(C)C(CCC(O)CC(O)CC(=O)O)C21. The second-order valence-corrected chi connectivity index (χ2v) is 9.22. The van der Waals surface area contributed by atoms with Crippen molar-refractivity contribution in [2.24, 2.45) is 23.7 Å². The first kappa shape index (κ1) is 24.6. The molecule has 0 aliphatic heterocycles. The van der Waals surface area contributed by atoms with Crippen LogP contribution in [0.1, 0.15) is 59.3 Å². The highest BCUT2D eigenvalue weighted by Gasteiger charge is 2.41. The van der Waals surface area contributed by atoms with E-state index in [1.807, 2.05) is 26.0 Å². The number of carbonyl (C=O) groups excluding carboxylic acids is 1. The number of hydrogen-bond acceptors (Lipinski definition) is 6. The number of aliphatic hydroxyl groups is 3. The Kier molecular flexibility index (Phi) is 9.07. The summed E-state index contributed by atoms with van der Waals surface area (Å²) in [4.78, 5) is 23.0. The summed E-state index contributed by atoms with van der Waals surface area (Å²) in [5, 5.41) is 39.0. The van der Waals surface area contributed by atoms with Crippen LogP contribution in [0.5, 0.6) is 0 Å². The molecule has 0 aromatic rings. The number of allylic oxidation sites excluding steroid dienone is 2. The third-order valence-electron chi connectivity index (χ3n) is 6.02. The Bertz CT molecular complexity index is 654. The van der Waals surface area contributed by atoms with Gasteiger partial charge in [-0.15, -0.1) is 0 Å². The van der Waals surface area contributed by atoms with Gasteiger partial charge in [-0.05, 0) is 42.6 Å². The zero-order valence-electron chi connectivity index (χ0n) is 18.1. The maximum atomic E-state index is 12.3. The molecule has 0 saturated carbocycles. The minimum absolute atomic E-state index is 0.0160. The molecule has 0 amide bonds. The number of carbonyl (C=O) groups is 2. The van der Waals surface area contributed by atoms with E-state index in [-0.39, 0.29) is 42.5 Å². The molecule has 0 aromatic carbocycles. The van der Waals surface area contributed by atoms with Crippen LogP contribution in [-0.2, 0) is 14.3 Å². The number of esters is 1. The van der Waals surface area contributed by atoms with Crippen LogP contribution in [0.15, 0.2) is 23.8 Å². The summed E-state index contributed by atoms with van der Waals surface area (Å²) in [7, 11) is 0. The molecule has 7 nitrogen and oxygen atoms in total. The van der Waals surface area contributed by atoms with Crippen molar-refractivity contribution in [2.45, 2.75) is 83.7 Å². The van der Waals surface area contributed by atoms with Crippen molar-refractivity contribution < 1.29 is 34.8 Å². The van der Waals surface area contributed by atoms with Gasteiger partial charge in [0.2, 0.25) is 0 Å². The van der Waals surface area contributed by atoms with Gasteiger partial charge in [-0.2, -0.15) is 0 Å². The molecule has 0 radical (unpaired) electrons. The van der Waals surface area contributed by atoms with Crippen LogP contribution < -0.4 is 0 Å². The lowest BCUT2D eigenvalue weighted by Gasteiger charge is -2.43. The largest absolute Gasteiger partial charge is 0.481 e. The summed E-state index contributed by atoms with van der Waals surface area (Å²) >= 11 is 0. The van der Waals surface area contributed by atoms with E-state index in [1.165, 1.54) is 0 Å². The molecular weight excluding hydrogens is 388 g/mol.